The molecule has 3 aromatic rings. The van der Waals surface area contributed by atoms with Crippen LogP contribution in [0.2, 0.25) is 0 Å². The molecular weight excluding hydrogens is 370 g/mol. The molecule has 0 aliphatic carbocycles. The number of nitrogens with one attached hydrogen (secondary N) is 1. The minimum Gasteiger partial charge on any atom is -0.495 e. The summed E-state index contributed by atoms with van der Waals surface area (Å²) >= 11 is 1.80. The van der Waals surface area contributed by atoms with E-state index in [9.17, 15) is 4.79 Å². The molecule has 2 aromatic carbocycles. The second kappa shape index (κ2) is 8.29. The highest BCUT2D eigenvalue weighted by Gasteiger charge is 2.29. The van der Waals surface area contributed by atoms with Crippen molar-refractivity contribution in [1.82, 2.24) is 9.88 Å². The van der Waals surface area contributed by atoms with Crippen LogP contribution in [0.5, 0.6) is 5.75 Å². The van der Waals surface area contributed by atoms with E-state index in [1.165, 1.54) is 9.71 Å². The molecule has 1 unspecified atom stereocenters. The second-order valence-electron chi connectivity index (χ2n) is 7.20. The maximum atomic E-state index is 12.7. The molecule has 1 aromatic heterocycles. The minimum atomic E-state index is -0.179. The van der Waals surface area contributed by atoms with Crippen LogP contribution in [0.25, 0.3) is 10.2 Å². The lowest BCUT2D eigenvalue weighted by molar-refractivity contribution is -0.121. The quantitative estimate of drug-likeness (QED) is 0.690. The molecule has 1 amide bonds. The number of benzene rings is 2. The average molecular weight is 396 g/mol. The van der Waals surface area contributed by atoms with Crippen molar-refractivity contribution in [2.24, 2.45) is 0 Å². The molecule has 1 aliphatic rings. The number of hydrogen-bond donors (Lipinski definition) is 1. The number of likely N-dealkylation sites (tertiary alicyclic amines) is 1. The Balaban J connectivity index is 1.36. The van der Waals surface area contributed by atoms with Crippen LogP contribution in [0.3, 0.4) is 0 Å². The zero-order valence-corrected chi connectivity index (χ0v) is 17.0. The van der Waals surface area contributed by atoms with E-state index in [2.05, 4.69) is 28.4 Å². The number of piperidine rings is 1. The summed E-state index contributed by atoms with van der Waals surface area (Å²) in [5.41, 5.74) is 1.81. The number of nitrogens with zero attached hydrogens (tertiary/aromatic N) is 2. The Labute approximate surface area is 169 Å². The van der Waals surface area contributed by atoms with Crippen molar-refractivity contribution < 1.29 is 9.53 Å². The first kappa shape index (κ1) is 18.9. The molecule has 5 nitrogen and oxygen atoms in total. The van der Waals surface area contributed by atoms with Gasteiger partial charge in [-0.1, -0.05) is 24.3 Å². The maximum absolute atomic E-state index is 12.7. The Morgan fingerprint density at radius 1 is 1.18 bits per heavy atom. The van der Waals surface area contributed by atoms with E-state index < -0.39 is 0 Å². The maximum Gasteiger partial charge on any atom is 0.241 e. The number of thiazole rings is 1. The van der Waals surface area contributed by atoms with E-state index in [-0.39, 0.29) is 11.9 Å². The Kier molecular flexibility index (Phi) is 5.59. The fourth-order valence-electron chi connectivity index (χ4n) is 3.75. The molecule has 146 valence electrons. The van der Waals surface area contributed by atoms with Crippen LogP contribution >= 0.6 is 11.3 Å². The van der Waals surface area contributed by atoms with Crippen molar-refractivity contribution in [2.75, 3.05) is 25.5 Å². The molecule has 1 saturated heterocycles. The van der Waals surface area contributed by atoms with Crippen LogP contribution in [0.4, 0.5) is 5.69 Å². The number of anilines is 1. The highest BCUT2D eigenvalue weighted by Crippen LogP contribution is 2.34. The largest absolute Gasteiger partial charge is 0.495 e. The number of rotatable bonds is 5. The lowest BCUT2D eigenvalue weighted by Crippen LogP contribution is -2.45. The van der Waals surface area contributed by atoms with E-state index in [0.29, 0.717) is 17.4 Å². The van der Waals surface area contributed by atoms with Crippen molar-refractivity contribution in [3.63, 3.8) is 0 Å². The van der Waals surface area contributed by atoms with Gasteiger partial charge < -0.3 is 10.1 Å². The van der Waals surface area contributed by atoms with Gasteiger partial charge in [0.1, 0.15) is 5.75 Å². The van der Waals surface area contributed by atoms with Crippen LogP contribution in [0.1, 0.15) is 30.7 Å². The van der Waals surface area contributed by atoms with Crippen molar-refractivity contribution in [3.05, 3.63) is 53.5 Å². The Morgan fingerprint density at radius 3 is 2.64 bits per heavy atom. The SMILES string of the molecule is COc1ccccc1NC(=O)C(C)N1CCC(c2nc3ccccc3s2)CC1. The number of para-hydroxylation sites is 3. The third-order valence-corrected chi connectivity index (χ3v) is 6.68. The number of hydrogen-bond acceptors (Lipinski definition) is 5. The van der Waals surface area contributed by atoms with Gasteiger partial charge in [-0.25, -0.2) is 4.98 Å². The van der Waals surface area contributed by atoms with Gasteiger partial charge in [-0.2, -0.15) is 0 Å². The Morgan fingerprint density at radius 2 is 1.89 bits per heavy atom. The number of methoxy groups -OCH3 is 1. The van der Waals surface area contributed by atoms with Gasteiger partial charge in [-0.15, -0.1) is 11.3 Å². The number of amides is 1. The molecule has 0 saturated carbocycles. The summed E-state index contributed by atoms with van der Waals surface area (Å²) in [6.45, 7) is 3.78. The molecule has 0 radical (unpaired) electrons. The summed E-state index contributed by atoms with van der Waals surface area (Å²) in [6.07, 6.45) is 2.07. The van der Waals surface area contributed by atoms with E-state index in [0.717, 1.165) is 31.4 Å². The highest BCUT2D eigenvalue weighted by atomic mass is 32.1. The second-order valence-corrected chi connectivity index (χ2v) is 8.26. The van der Waals surface area contributed by atoms with E-state index in [4.69, 9.17) is 9.72 Å². The molecule has 0 bridgehead atoms. The van der Waals surface area contributed by atoms with Gasteiger partial charge >= 0.3 is 0 Å². The molecule has 1 N–H and O–H groups in total. The molecule has 0 spiro atoms. The molecule has 1 atom stereocenters. The van der Waals surface area contributed by atoms with Gasteiger partial charge in [0.2, 0.25) is 5.91 Å². The summed E-state index contributed by atoms with van der Waals surface area (Å²) in [6, 6.07) is 15.6. The van der Waals surface area contributed by atoms with Crippen LogP contribution in [-0.4, -0.2) is 42.0 Å². The molecule has 28 heavy (non-hydrogen) atoms. The van der Waals surface area contributed by atoms with Gasteiger partial charge in [-0.3, -0.25) is 9.69 Å². The first-order valence-corrected chi connectivity index (χ1v) is 10.5. The fraction of sp³-hybridized carbons (Fsp3) is 0.364. The fourth-order valence-corrected chi connectivity index (χ4v) is 4.89. The Hall–Kier alpha value is -2.44. The van der Waals surface area contributed by atoms with Gasteiger partial charge in [0.05, 0.1) is 34.1 Å². The summed E-state index contributed by atoms with van der Waals surface area (Å²) in [4.78, 5) is 19.8. The summed E-state index contributed by atoms with van der Waals surface area (Å²) < 4.78 is 6.58. The predicted molar refractivity (Wildman–Crippen MR) is 114 cm³/mol. The normalized spacial score (nSPS) is 16.8. The van der Waals surface area contributed by atoms with Crippen molar-refractivity contribution >= 4 is 33.1 Å². The number of aromatic nitrogens is 1. The standard InChI is InChI=1S/C22H25N3O2S/c1-15(21(26)23-17-7-3-5-9-19(17)27-2)25-13-11-16(12-14-25)22-24-18-8-4-6-10-20(18)28-22/h3-10,15-16H,11-14H2,1-2H3,(H,23,26). The number of fused-ring (bicyclic) bond motifs is 1. The number of ether oxygens (including phenoxy) is 1. The molecule has 6 heteroatoms. The molecule has 1 aliphatic heterocycles. The zero-order chi connectivity index (χ0) is 19.5. The van der Waals surface area contributed by atoms with Gasteiger partial charge in [-0.05, 0) is 57.1 Å². The lowest BCUT2D eigenvalue weighted by Gasteiger charge is -2.34. The topological polar surface area (TPSA) is 54.5 Å². The third kappa shape index (κ3) is 3.88. The molecule has 2 heterocycles. The van der Waals surface area contributed by atoms with Gasteiger partial charge in [0, 0.05) is 5.92 Å². The summed E-state index contributed by atoms with van der Waals surface area (Å²) in [7, 11) is 1.61. The van der Waals surface area contributed by atoms with Gasteiger partial charge in [0.15, 0.2) is 0 Å². The summed E-state index contributed by atoms with van der Waals surface area (Å²) in [5, 5.41) is 4.23. The highest BCUT2D eigenvalue weighted by molar-refractivity contribution is 7.18. The number of carbonyl (C=O) groups excluding carboxylic acids is 1. The lowest BCUT2D eigenvalue weighted by atomic mass is 9.96. The average Bonchev–Trinajstić information content (AvgIpc) is 3.18. The third-order valence-electron chi connectivity index (χ3n) is 5.48. The predicted octanol–water partition coefficient (Wildman–Crippen LogP) is 4.51. The van der Waals surface area contributed by atoms with Crippen molar-refractivity contribution in [3.8, 4) is 5.75 Å². The first-order valence-electron chi connectivity index (χ1n) is 9.69. The monoisotopic (exact) mass is 395 g/mol. The van der Waals surface area contributed by atoms with Crippen LogP contribution in [0.15, 0.2) is 48.5 Å². The molecular formula is C22H25N3O2S. The van der Waals surface area contributed by atoms with E-state index in [1.807, 2.05) is 37.3 Å². The first-order chi connectivity index (χ1) is 13.7. The minimum absolute atomic E-state index is 0.00272. The number of carbonyl (C=O) groups is 1. The zero-order valence-electron chi connectivity index (χ0n) is 16.2. The van der Waals surface area contributed by atoms with E-state index >= 15 is 0 Å². The van der Waals surface area contributed by atoms with Crippen LogP contribution in [-0.2, 0) is 4.79 Å². The summed E-state index contributed by atoms with van der Waals surface area (Å²) in [5.74, 6) is 1.17. The van der Waals surface area contributed by atoms with E-state index in [1.54, 1.807) is 18.4 Å². The van der Waals surface area contributed by atoms with Gasteiger partial charge in [0.25, 0.3) is 0 Å². The molecule has 4 rings (SSSR count). The van der Waals surface area contributed by atoms with Crippen molar-refractivity contribution in [2.45, 2.75) is 31.7 Å². The molecule has 1 fully saturated rings. The Bertz CT molecular complexity index is 930. The van der Waals surface area contributed by atoms with Crippen molar-refractivity contribution in [1.29, 1.82) is 0 Å². The smallest absolute Gasteiger partial charge is 0.241 e. The van der Waals surface area contributed by atoms with Crippen LogP contribution in [0, 0.1) is 0 Å². The van der Waals surface area contributed by atoms with Crippen LogP contribution < -0.4 is 10.1 Å².